The minimum atomic E-state index is -1.04. The van der Waals surface area contributed by atoms with Crippen LogP contribution >= 0.6 is 0 Å². The van der Waals surface area contributed by atoms with Crippen LogP contribution in [-0.4, -0.2) is 30.9 Å². The molecule has 3 rings (SSSR count). The molecule has 30 heavy (non-hydrogen) atoms. The van der Waals surface area contributed by atoms with Crippen LogP contribution in [-0.2, 0) is 11.3 Å². The van der Waals surface area contributed by atoms with Crippen LogP contribution in [0.25, 0.3) is 11.3 Å². The maximum absolute atomic E-state index is 14.2. The van der Waals surface area contributed by atoms with Crippen LogP contribution in [0.2, 0.25) is 0 Å². The average Bonchev–Trinajstić information content (AvgIpc) is 2.88. The van der Waals surface area contributed by atoms with Crippen molar-refractivity contribution in [3.63, 3.8) is 0 Å². The van der Waals surface area contributed by atoms with Crippen LogP contribution in [0.1, 0.15) is 56.5 Å². The van der Waals surface area contributed by atoms with Crippen LogP contribution in [0, 0.1) is 24.5 Å². The van der Waals surface area contributed by atoms with E-state index >= 15 is 0 Å². The standard InChI is InChI=1S/C23H31F3N2O2/c1-16-28-22(23(30-16)18-10-20(25)12-21(26)11-18)15-29-14-19(24)8-3-2-6-17-7-4-5-9-27-13-17/h10-12,17,19,27H,2-9,13-15H2,1H3/t17?,19-/m0/s1. The molecule has 1 saturated heterocycles. The summed E-state index contributed by atoms with van der Waals surface area (Å²) in [5.74, 6) is -0.0802. The summed E-state index contributed by atoms with van der Waals surface area (Å²) in [5, 5.41) is 3.47. The lowest BCUT2D eigenvalue weighted by molar-refractivity contribution is 0.0638. The van der Waals surface area contributed by atoms with Crippen LogP contribution in [0.4, 0.5) is 13.2 Å². The molecule has 2 atom stereocenters. The lowest BCUT2D eigenvalue weighted by Crippen LogP contribution is -2.20. The van der Waals surface area contributed by atoms with Gasteiger partial charge in [-0.3, -0.25) is 0 Å². The minimum absolute atomic E-state index is 0.0268. The summed E-state index contributed by atoms with van der Waals surface area (Å²) in [6.07, 6.45) is 6.25. The quantitative estimate of drug-likeness (QED) is 0.495. The minimum Gasteiger partial charge on any atom is -0.441 e. The zero-order valence-electron chi connectivity index (χ0n) is 17.6. The second kappa shape index (κ2) is 11.5. The topological polar surface area (TPSA) is 47.3 Å². The molecule has 0 amide bonds. The molecular weight excluding hydrogens is 393 g/mol. The molecule has 0 bridgehead atoms. The van der Waals surface area contributed by atoms with Gasteiger partial charge in [-0.1, -0.05) is 19.3 Å². The fourth-order valence-electron chi connectivity index (χ4n) is 3.98. The molecule has 0 aliphatic carbocycles. The highest BCUT2D eigenvalue weighted by Gasteiger charge is 2.17. The van der Waals surface area contributed by atoms with Crippen molar-refractivity contribution in [1.82, 2.24) is 10.3 Å². The number of ether oxygens (including phenoxy) is 1. The van der Waals surface area contributed by atoms with E-state index in [4.69, 9.17) is 9.15 Å². The Morgan fingerprint density at radius 2 is 2.00 bits per heavy atom. The summed E-state index contributed by atoms with van der Waals surface area (Å²) in [4.78, 5) is 4.21. The zero-order valence-corrected chi connectivity index (χ0v) is 17.6. The van der Waals surface area contributed by atoms with Gasteiger partial charge in [0.2, 0.25) is 0 Å². The first-order valence-electron chi connectivity index (χ1n) is 10.9. The van der Waals surface area contributed by atoms with Gasteiger partial charge < -0.3 is 14.5 Å². The molecular formula is C23H31F3N2O2. The Balaban J connectivity index is 1.40. The van der Waals surface area contributed by atoms with Crippen molar-refractivity contribution in [2.75, 3.05) is 19.7 Å². The number of aromatic nitrogens is 1. The van der Waals surface area contributed by atoms with Crippen molar-refractivity contribution in [3.8, 4) is 11.3 Å². The number of oxazole rings is 1. The number of nitrogens with one attached hydrogen (secondary N) is 1. The third-order valence-electron chi connectivity index (χ3n) is 5.50. The van der Waals surface area contributed by atoms with Crippen LogP contribution in [0.15, 0.2) is 22.6 Å². The summed E-state index contributed by atoms with van der Waals surface area (Å²) in [6, 6.07) is 3.14. The predicted molar refractivity (Wildman–Crippen MR) is 110 cm³/mol. The Bertz CT molecular complexity index is 769. The predicted octanol–water partition coefficient (Wildman–Crippen LogP) is 5.73. The second-order valence-corrected chi connectivity index (χ2v) is 8.13. The summed E-state index contributed by atoms with van der Waals surface area (Å²) in [5.41, 5.74) is 0.655. The molecule has 0 radical (unpaired) electrons. The molecule has 1 aromatic heterocycles. The van der Waals surface area contributed by atoms with E-state index in [1.54, 1.807) is 6.92 Å². The van der Waals surface area contributed by atoms with Crippen LogP contribution in [0.5, 0.6) is 0 Å². The van der Waals surface area contributed by atoms with Crippen molar-refractivity contribution in [2.24, 2.45) is 5.92 Å². The largest absolute Gasteiger partial charge is 0.441 e. The molecule has 0 saturated carbocycles. The molecule has 166 valence electrons. The maximum Gasteiger partial charge on any atom is 0.192 e. The van der Waals surface area contributed by atoms with Gasteiger partial charge in [0.1, 0.15) is 23.5 Å². The van der Waals surface area contributed by atoms with E-state index in [9.17, 15) is 13.2 Å². The van der Waals surface area contributed by atoms with E-state index in [1.165, 1.54) is 31.4 Å². The molecule has 2 heterocycles. The van der Waals surface area contributed by atoms with Crippen molar-refractivity contribution >= 4 is 0 Å². The van der Waals surface area contributed by atoms with E-state index < -0.39 is 17.8 Å². The Morgan fingerprint density at radius 1 is 1.20 bits per heavy atom. The van der Waals surface area contributed by atoms with E-state index in [0.717, 1.165) is 38.4 Å². The average molecular weight is 425 g/mol. The Morgan fingerprint density at radius 3 is 2.80 bits per heavy atom. The van der Waals surface area contributed by atoms with Gasteiger partial charge in [-0.25, -0.2) is 18.2 Å². The highest BCUT2D eigenvalue weighted by molar-refractivity contribution is 5.60. The highest BCUT2D eigenvalue weighted by Crippen LogP contribution is 2.27. The molecule has 7 heteroatoms. The van der Waals surface area contributed by atoms with Gasteiger partial charge in [0.25, 0.3) is 0 Å². The number of rotatable bonds is 10. The van der Waals surface area contributed by atoms with Gasteiger partial charge in [0, 0.05) is 18.6 Å². The highest BCUT2D eigenvalue weighted by atomic mass is 19.1. The van der Waals surface area contributed by atoms with E-state index in [1.807, 2.05) is 0 Å². The molecule has 1 aliphatic heterocycles. The van der Waals surface area contributed by atoms with Gasteiger partial charge in [-0.2, -0.15) is 0 Å². The molecule has 2 aromatic rings. The van der Waals surface area contributed by atoms with Gasteiger partial charge in [0.15, 0.2) is 11.7 Å². The summed E-state index contributed by atoms with van der Waals surface area (Å²) < 4.78 is 52.2. The monoisotopic (exact) mass is 424 g/mol. The molecule has 1 fully saturated rings. The van der Waals surface area contributed by atoms with E-state index in [2.05, 4.69) is 10.3 Å². The smallest absolute Gasteiger partial charge is 0.192 e. The lowest BCUT2D eigenvalue weighted by Gasteiger charge is -2.14. The fraction of sp³-hybridized carbons (Fsp3) is 0.609. The zero-order chi connectivity index (χ0) is 21.3. The van der Waals surface area contributed by atoms with Crippen molar-refractivity contribution in [3.05, 3.63) is 41.4 Å². The molecule has 1 unspecified atom stereocenters. The molecule has 1 aromatic carbocycles. The Labute approximate surface area is 176 Å². The SMILES string of the molecule is Cc1nc(COC[C@@H](F)CCCCC2CCCCNC2)c(-c2cc(F)cc(F)c2)o1. The van der Waals surface area contributed by atoms with Gasteiger partial charge in [-0.15, -0.1) is 0 Å². The van der Waals surface area contributed by atoms with Crippen LogP contribution in [0.3, 0.4) is 0 Å². The first kappa shape index (κ1) is 22.8. The van der Waals surface area contributed by atoms with Crippen molar-refractivity contribution < 1.29 is 22.3 Å². The number of halogens is 3. The number of alkyl halides is 1. The second-order valence-electron chi connectivity index (χ2n) is 8.13. The Hall–Kier alpha value is -1.86. The molecule has 1 aliphatic rings. The maximum atomic E-state index is 14.2. The molecule has 1 N–H and O–H groups in total. The van der Waals surface area contributed by atoms with Gasteiger partial charge in [-0.05, 0) is 56.8 Å². The number of hydrogen-bond donors (Lipinski definition) is 1. The number of nitrogens with zero attached hydrogens (tertiary/aromatic N) is 1. The Kier molecular flexibility index (Phi) is 8.75. The summed E-state index contributed by atoms with van der Waals surface area (Å²) in [7, 11) is 0. The molecule has 0 spiro atoms. The first-order valence-corrected chi connectivity index (χ1v) is 10.9. The van der Waals surface area contributed by atoms with Gasteiger partial charge >= 0.3 is 0 Å². The summed E-state index contributed by atoms with van der Waals surface area (Å²) >= 11 is 0. The van der Waals surface area contributed by atoms with Crippen molar-refractivity contribution in [1.29, 1.82) is 0 Å². The first-order chi connectivity index (χ1) is 14.5. The third kappa shape index (κ3) is 7.13. The number of aryl methyl sites for hydroxylation is 1. The van der Waals surface area contributed by atoms with Gasteiger partial charge in [0.05, 0.1) is 13.2 Å². The summed E-state index contributed by atoms with van der Waals surface area (Å²) in [6.45, 7) is 3.83. The lowest BCUT2D eigenvalue weighted by atomic mass is 9.96. The third-order valence-corrected chi connectivity index (χ3v) is 5.50. The van der Waals surface area contributed by atoms with E-state index in [0.29, 0.717) is 23.9 Å². The molecule has 4 nitrogen and oxygen atoms in total. The fourth-order valence-corrected chi connectivity index (χ4v) is 3.98. The van der Waals surface area contributed by atoms with E-state index in [-0.39, 0.29) is 24.5 Å². The number of hydrogen-bond acceptors (Lipinski definition) is 4. The normalized spacial score (nSPS) is 18.3. The number of benzene rings is 1. The number of unbranched alkanes of at least 4 members (excludes halogenated alkanes) is 1. The van der Waals surface area contributed by atoms with Crippen molar-refractivity contribution in [2.45, 2.75) is 64.6 Å². The van der Waals surface area contributed by atoms with Crippen LogP contribution < -0.4 is 5.32 Å².